The van der Waals surface area contributed by atoms with Crippen molar-refractivity contribution in [2.24, 2.45) is 5.10 Å². The highest BCUT2D eigenvalue weighted by atomic mass is 16.5. The number of carbonyl (C=O) groups is 2. The number of amides is 3. The fourth-order valence-corrected chi connectivity index (χ4v) is 3.18. The summed E-state index contributed by atoms with van der Waals surface area (Å²) in [6, 6.07) is 16.2. The highest BCUT2D eigenvalue weighted by Gasteiger charge is 2.26. The van der Waals surface area contributed by atoms with Crippen LogP contribution < -0.4 is 15.0 Å². The lowest BCUT2D eigenvalue weighted by atomic mass is 10.2. The molecular formula is C26H23N5O3. The summed E-state index contributed by atoms with van der Waals surface area (Å²) in [6.45, 7) is 1.94. The van der Waals surface area contributed by atoms with Gasteiger partial charge in [0.1, 0.15) is 11.6 Å². The molecule has 1 fully saturated rings. The fraction of sp³-hybridized carbons (Fsp3) is 0.154. The van der Waals surface area contributed by atoms with Gasteiger partial charge in [-0.15, -0.1) is 6.42 Å². The number of methoxy groups -OCH3 is 1. The second kappa shape index (κ2) is 10.3. The molecule has 1 saturated heterocycles. The number of ether oxygens (including phenoxy) is 1. The van der Waals surface area contributed by atoms with E-state index in [-0.39, 0.29) is 11.4 Å². The molecule has 0 unspecified atom stereocenters. The van der Waals surface area contributed by atoms with Crippen LogP contribution in [0.4, 0.5) is 16.3 Å². The van der Waals surface area contributed by atoms with Crippen LogP contribution in [0.3, 0.4) is 0 Å². The Kier molecular flexibility index (Phi) is 6.84. The maximum Gasteiger partial charge on any atom is 0.334 e. The molecule has 3 amide bonds. The largest absolute Gasteiger partial charge is 0.497 e. The third-order valence-electron chi connectivity index (χ3n) is 5.23. The summed E-state index contributed by atoms with van der Waals surface area (Å²) >= 11 is 0. The average molecular weight is 454 g/mol. The van der Waals surface area contributed by atoms with Gasteiger partial charge in [-0.3, -0.25) is 9.80 Å². The SMILES string of the molecule is C#Cc1ccc(N(C(=O)Nc2ccc(C=NN3CCC3)cc2)C(=O)c2cccc(OC)c2)nc1. The minimum atomic E-state index is -0.657. The van der Waals surface area contributed by atoms with E-state index in [1.54, 1.807) is 48.7 Å². The zero-order valence-corrected chi connectivity index (χ0v) is 18.6. The van der Waals surface area contributed by atoms with Crippen LogP contribution in [0.25, 0.3) is 0 Å². The van der Waals surface area contributed by atoms with Gasteiger partial charge in [-0.2, -0.15) is 5.10 Å². The van der Waals surface area contributed by atoms with Crippen LogP contribution >= 0.6 is 0 Å². The molecule has 2 heterocycles. The normalized spacial score (nSPS) is 12.5. The molecule has 4 rings (SSSR count). The molecule has 1 aromatic heterocycles. The Labute approximate surface area is 197 Å². The number of rotatable bonds is 6. The standard InChI is InChI=1S/C26H23N5O3/c1-3-19-10-13-24(27-17-19)31(25(32)21-6-4-7-23(16-21)34-2)26(33)29-22-11-8-20(9-12-22)18-28-30-14-5-15-30/h1,4,6-13,16-18H,5,14-15H2,2H3,(H,29,33). The summed E-state index contributed by atoms with van der Waals surface area (Å²) in [5.41, 5.74) is 2.24. The van der Waals surface area contributed by atoms with Crippen LogP contribution in [0.2, 0.25) is 0 Å². The van der Waals surface area contributed by atoms with Crippen LogP contribution in [0.5, 0.6) is 5.75 Å². The molecule has 0 aliphatic carbocycles. The first-order valence-corrected chi connectivity index (χ1v) is 10.7. The van der Waals surface area contributed by atoms with Crippen LogP contribution in [0, 0.1) is 12.3 Å². The molecule has 0 spiro atoms. The topological polar surface area (TPSA) is 87.1 Å². The number of benzene rings is 2. The minimum absolute atomic E-state index is 0.141. The first-order valence-electron chi connectivity index (χ1n) is 10.7. The summed E-state index contributed by atoms with van der Waals surface area (Å²) in [5.74, 6) is 2.55. The zero-order valence-electron chi connectivity index (χ0n) is 18.6. The Morgan fingerprint density at radius 3 is 2.59 bits per heavy atom. The molecular weight excluding hydrogens is 430 g/mol. The van der Waals surface area contributed by atoms with Gasteiger partial charge in [0.2, 0.25) is 0 Å². The third-order valence-corrected chi connectivity index (χ3v) is 5.23. The van der Waals surface area contributed by atoms with Gasteiger partial charge in [0.05, 0.1) is 13.3 Å². The van der Waals surface area contributed by atoms with Crippen molar-refractivity contribution in [2.45, 2.75) is 6.42 Å². The van der Waals surface area contributed by atoms with Crippen molar-refractivity contribution >= 4 is 29.7 Å². The number of nitrogens with zero attached hydrogens (tertiary/aromatic N) is 4. The van der Waals surface area contributed by atoms with E-state index < -0.39 is 11.9 Å². The van der Waals surface area contributed by atoms with E-state index >= 15 is 0 Å². The van der Waals surface area contributed by atoms with E-state index in [2.05, 4.69) is 21.3 Å². The van der Waals surface area contributed by atoms with E-state index in [1.807, 2.05) is 17.1 Å². The Morgan fingerprint density at radius 2 is 1.97 bits per heavy atom. The van der Waals surface area contributed by atoms with Crippen molar-refractivity contribution in [3.8, 4) is 18.1 Å². The second-order valence-corrected chi connectivity index (χ2v) is 7.53. The van der Waals surface area contributed by atoms with Crippen LogP contribution in [-0.4, -0.2) is 48.3 Å². The maximum absolute atomic E-state index is 13.3. The molecule has 0 atom stereocenters. The van der Waals surface area contributed by atoms with Crippen LogP contribution in [0.15, 0.2) is 72.0 Å². The second-order valence-electron chi connectivity index (χ2n) is 7.53. The Morgan fingerprint density at radius 1 is 1.18 bits per heavy atom. The molecule has 8 heteroatoms. The van der Waals surface area contributed by atoms with Crippen LogP contribution in [-0.2, 0) is 0 Å². The third kappa shape index (κ3) is 5.22. The molecule has 8 nitrogen and oxygen atoms in total. The predicted molar refractivity (Wildman–Crippen MR) is 131 cm³/mol. The molecule has 0 bridgehead atoms. The van der Waals surface area contributed by atoms with Crippen molar-refractivity contribution in [1.29, 1.82) is 0 Å². The Bertz CT molecular complexity index is 1240. The summed E-state index contributed by atoms with van der Waals surface area (Å²) < 4.78 is 5.21. The number of anilines is 2. The minimum Gasteiger partial charge on any atom is -0.497 e. The quantitative estimate of drug-likeness (QED) is 0.451. The summed E-state index contributed by atoms with van der Waals surface area (Å²) in [7, 11) is 1.51. The number of hydrazone groups is 1. The van der Waals surface area contributed by atoms with E-state index in [0.717, 1.165) is 30.0 Å². The lowest BCUT2D eigenvalue weighted by Crippen LogP contribution is -2.40. The zero-order chi connectivity index (χ0) is 23.9. The van der Waals surface area contributed by atoms with Gasteiger partial charge in [0, 0.05) is 36.1 Å². The molecule has 0 radical (unpaired) electrons. The Hall–Kier alpha value is -4.64. The van der Waals surface area contributed by atoms with E-state index in [0.29, 0.717) is 17.0 Å². The average Bonchev–Trinajstić information content (AvgIpc) is 2.84. The number of nitrogens with one attached hydrogen (secondary N) is 1. The number of carbonyl (C=O) groups excluding carboxylic acids is 2. The van der Waals surface area contributed by atoms with E-state index in [4.69, 9.17) is 11.2 Å². The van der Waals surface area contributed by atoms with Gasteiger partial charge in [-0.1, -0.05) is 24.1 Å². The van der Waals surface area contributed by atoms with Gasteiger partial charge in [0.25, 0.3) is 5.91 Å². The van der Waals surface area contributed by atoms with Gasteiger partial charge in [-0.05, 0) is 54.4 Å². The van der Waals surface area contributed by atoms with Gasteiger partial charge in [-0.25, -0.2) is 14.7 Å². The molecule has 3 aromatic rings. The lowest BCUT2D eigenvalue weighted by Gasteiger charge is -2.27. The molecule has 170 valence electrons. The van der Waals surface area contributed by atoms with Gasteiger partial charge < -0.3 is 10.1 Å². The van der Waals surface area contributed by atoms with Gasteiger partial charge >= 0.3 is 6.03 Å². The smallest absolute Gasteiger partial charge is 0.334 e. The fourth-order valence-electron chi connectivity index (χ4n) is 3.18. The van der Waals surface area contributed by atoms with Gasteiger partial charge in [0.15, 0.2) is 0 Å². The summed E-state index contributed by atoms with van der Waals surface area (Å²) in [6.07, 6.45) is 9.78. The predicted octanol–water partition coefficient (Wildman–Crippen LogP) is 3.99. The molecule has 0 saturated carbocycles. The number of aromatic nitrogens is 1. The maximum atomic E-state index is 13.3. The molecule has 1 aliphatic heterocycles. The Balaban J connectivity index is 1.57. The highest BCUT2D eigenvalue weighted by Crippen LogP contribution is 2.20. The van der Waals surface area contributed by atoms with Crippen molar-refractivity contribution in [1.82, 2.24) is 9.99 Å². The van der Waals surface area contributed by atoms with Crippen molar-refractivity contribution < 1.29 is 14.3 Å². The first-order chi connectivity index (χ1) is 16.6. The summed E-state index contributed by atoms with van der Waals surface area (Å²) in [4.78, 5) is 31.8. The first kappa shape index (κ1) is 22.6. The monoisotopic (exact) mass is 453 g/mol. The number of urea groups is 1. The number of hydrogen-bond donors (Lipinski definition) is 1. The van der Waals surface area contributed by atoms with Crippen LogP contribution in [0.1, 0.15) is 27.9 Å². The number of pyridine rings is 1. The summed E-state index contributed by atoms with van der Waals surface area (Å²) in [5, 5.41) is 9.12. The molecule has 2 aromatic carbocycles. The number of hydrogen-bond acceptors (Lipinski definition) is 6. The molecule has 1 N–H and O–H groups in total. The molecule has 34 heavy (non-hydrogen) atoms. The lowest BCUT2D eigenvalue weighted by molar-refractivity contribution is 0.0994. The van der Waals surface area contributed by atoms with Crippen molar-refractivity contribution in [3.63, 3.8) is 0 Å². The number of terminal acetylenes is 1. The highest BCUT2D eigenvalue weighted by molar-refractivity contribution is 6.23. The van der Waals surface area contributed by atoms with E-state index in [1.165, 1.54) is 19.4 Å². The van der Waals surface area contributed by atoms with Crippen molar-refractivity contribution in [3.05, 3.63) is 83.6 Å². The van der Waals surface area contributed by atoms with Crippen molar-refractivity contribution in [2.75, 3.05) is 30.4 Å². The van der Waals surface area contributed by atoms with E-state index in [9.17, 15) is 9.59 Å². The molecule has 1 aliphatic rings. The number of imide groups is 1.